The van der Waals surface area contributed by atoms with Gasteiger partial charge in [-0.1, -0.05) is 60.7 Å². The molecule has 0 unspecified atom stereocenters. The highest BCUT2D eigenvalue weighted by molar-refractivity contribution is 6.04. The van der Waals surface area contributed by atoms with Crippen LogP contribution in [0.4, 0.5) is 5.69 Å². The summed E-state index contributed by atoms with van der Waals surface area (Å²) in [5.41, 5.74) is 2.96. The van der Waals surface area contributed by atoms with Crippen LogP contribution in [0.2, 0.25) is 0 Å². The number of nitro benzene ring substituents is 1. The minimum atomic E-state index is -0.623. The van der Waals surface area contributed by atoms with E-state index < -0.39 is 23.4 Å². The Bertz CT molecular complexity index is 1420. The normalized spacial score (nSPS) is 10.7. The zero-order valence-corrected chi connectivity index (χ0v) is 18.3. The SMILES string of the molecule is O=C(COc1ccccc1[N+](=O)[O-])N/N=C\c1c(OC(=O)c2ccccc2)ccc2ccccc12. The Morgan fingerprint density at radius 2 is 1.60 bits per heavy atom. The molecule has 174 valence electrons. The quantitative estimate of drug-likeness (QED) is 0.133. The Labute approximate surface area is 199 Å². The molecule has 4 aromatic carbocycles. The van der Waals surface area contributed by atoms with Gasteiger partial charge in [0.25, 0.3) is 5.91 Å². The first-order valence-corrected chi connectivity index (χ1v) is 10.5. The molecule has 1 amide bonds. The summed E-state index contributed by atoms with van der Waals surface area (Å²) in [5.74, 6) is -0.910. The predicted octanol–water partition coefficient (Wildman–Crippen LogP) is 4.50. The van der Waals surface area contributed by atoms with Crippen molar-refractivity contribution in [1.82, 2.24) is 5.43 Å². The molecule has 4 aromatic rings. The van der Waals surface area contributed by atoms with Crippen molar-refractivity contribution in [2.75, 3.05) is 6.61 Å². The van der Waals surface area contributed by atoms with E-state index in [0.29, 0.717) is 11.1 Å². The van der Waals surface area contributed by atoms with Crippen molar-refractivity contribution >= 4 is 34.6 Å². The highest BCUT2D eigenvalue weighted by atomic mass is 16.6. The molecule has 0 bridgehead atoms. The molecule has 35 heavy (non-hydrogen) atoms. The van der Waals surface area contributed by atoms with E-state index in [0.717, 1.165) is 10.8 Å². The molecule has 1 N–H and O–H groups in total. The van der Waals surface area contributed by atoms with Crippen molar-refractivity contribution in [2.24, 2.45) is 5.10 Å². The predicted molar refractivity (Wildman–Crippen MR) is 130 cm³/mol. The summed E-state index contributed by atoms with van der Waals surface area (Å²) in [5, 5.41) is 16.7. The second kappa shape index (κ2) is 10.7. The highest BCUT2D eigenvalue weighted by Gasteiger charge is 2.15. The molecular weight excluding hydrogens is 450 g/mol. The summed E-state index contributed by atoms with van der Waals surface area (Å²) >= 11 is 0. The number of rotatable bonds is 8. The molecule has 0 atom stereocenters. The number of carbonyl (C=O) groups is 2. The van der Waals surface area contributed by atoms with Crippen LogP contribution in [0.3, 0.4) is 0 Å². The third-order valence-corrected chi connectivity index (χ3v) is 4.95. The number of esters is 1. The number of hydrogen-bond donors (Lipinski definition) is 1. The van der Waals surface area contributed by atoms with Gasteiger partial charge in [-0.25, -0.2) is 10.2 Å². The molecular formula is C26H19N3O6. The van der Waals surface area contributed by atoms with E-state index in [1.165, 1.54) is 24.4 Å². The summed E-state index contributed by atoms with van der Waals surface area (Å²) in [7, 11) is 0. The monoisotopic (exact) mass is 469 g/mol. The van der Waals surface area contributed by atoms with Gasteiger partial charge in [-0.15, -0.1) is 0 Å². The Balaban J connectivity index is 1.50. The summed E-state index contributed by atoms with van der Waals surface area (Å²) in [6.07, 6.45) is 1.37. The number of nitrogens with one attached hydrogen (secondary N) is 1. The first-order chi connectivity index (χ1) is 17.0. The zero-order chi connectivity index (χ0) is 24.6. The lowest BCUT2D eigenvalue weighted by Gasteiger charge is -2.10. The average molecular weight is 469 g/mol. The number of nitro groups is 1. The molecule has 0 aromatic heterocycles. The molecule has 0 aliphatic rings. The van der Waals surface area contributed by atoms with Crippen molar-refractivity contribution in [3.05, 3.63) is 112 Å². The maximum absolute atomic E-state index is 12.6. The third kappa shape index (κ3) is 5.66. The number of amides is 1. The second-order valence-corrected chi connectivity index (χ2v) is 7.26. The van der Waals surface area contributed by atoms with Crippen LogP contribution >= 0.6 is 0 Å². The fourth-order valence-electron chi connectivity index (χ4n) is 3.31. The standard InChI is InChI=1S/C26H19N3O6/c30-25(17-34-24-13-7-6-12-22(24)29(32)33)28-27-16-21-20-11-5-4-8-18(20)14-15-23(21)35-26(31)19-9-2-1-3-10-19/h1-16H,17H2,(H,28,30)/b27-16-. The van der Waals surface area contributed by atoms with E-state index in [1.54, 1.807) is 42.5 Å². The van der Waals surface area contributed by atoms with Gasteiger partial charge in [0.2, 0.25) is 0 Å². The van der Waals surface area contributed by atoms with Crippen molar-refractivity contribution in [3.63, 3.8) is 0 Å². The Morgan fingerprint density at radius 3 is 2.40 bits per heavy atom. The molecule has 0 heterocycles. The number of ether oxygens (including phenoxy) is 2. The first-order valence-electron chi connectivity index (χ1n) is 10.5. The maximum atomic E-state index is 12.6. The Morgan fingerprint density at radius 1 is 0.886 bits per heavy atom. The lowest BCUT2D eigenvalue weighted by atomic mass is 10.0. The lowest BCUT2D eigenvalue weighted by molar-refractivity contribution is -0.385. The number of benzene rings is 4. The molecule has 0 saturated carbocycles. The first kappa shape index (κ1) is 23.1. The van der Waals surface area contributed by atoms with Crippen molar-refractivity contribution in [2.45, 2.75) is 0 Å². The number of para-hydroxylation sites is 2. The van der Waals surface area contributed by atoms with Gasteiger partial charge in [0.15, 0.2) is 12.4 Å². The van der Waals surface area contributed by atoms with Gasteiger partial charge in [0.05, 0.1) is 16.7 Å². The molecule has 0 fully saturated rings. The molecule has 0 saturated heterocycles. The molecule has 0 spiro atoms. The van der Waals surface area contributed by atoms with Crippen LogP contribution in [-0.4, -0.2) is 29.6 Å². The van der Waals surface area contributed by atoms with Crippen molar-refractivity contribution in [1.29, 1.82) is 0 Å². The van der Waals surface area contributed by atoms with E-state index >= 15 is 0 Å². The van der Waals surface area contributed by atoms with Gasteiger partial charge in [-0.2, -0.15) is 5.10 Å². The van der Waals surface area contributed by atoms with E-state index in [1.807, 2.05) is 30.3 Å². The summed E-state index contributed by atoms with van der Waals surface area (Å²) in [4.78, 5) is 35.2. The average Bonchev–Trinajstić information content (AvgIpc) is 2.89. The van der Waals surface area contributed by atoms with Gasteiger partial charge in [0, 0.05) is 11.6 Å². The van der Waals surface area contributed by atoms with Crippen LogP contribution in [-0.2, 0) is 4.79 Å². The van der Waals surface area contributed by atoms with Crippen LogP contribution in [0.15, 0.2) is 96.1 Å². The van der Waals surface area contributed by atoms with E-state index in [9.17, 15) is 19.7 Å². The minimum absolute atomic E-state index is 0.0270. The van der Waals surface area contributed by atoms with Gasteiger partial charge in [-0.05, 0) is 35.0 Å². The van der Waals surface area contributed by atoms with E-state index in [-0.39, 0.29) is 17.2 Å². The number of fused-ring (bicyclic) bond motifs is 1. The minimum Gasteiger partial charge on any atom is -0.477 e. The van der Waals surface area contributed by atoms with Gasteiger partial charge in [-0.3, -0.25) is 14.9 Å². The lowest BCUT2D eigenvalue weighted by Crippen LogP contribution is -2.24. The van der Waals surface area contributed by atoms with Crippen LogP contribution in [0.1, 0.15) is 15.9 Å². The Kier molecular flexibility index (Phi) is 7.08. The molecule has 0 radical (unpaired) electrons. The highest BCUT2D eigenvalue weighted by Crippen LogP contribution is 2.28. The molecule has 0 aliphatic heterocycles. The van der Waals surface area contributed by atoms with Gasteiger partial charge < -0.3 is 9.47 Å². The van der Waals surface area contributed by atoms with Crippen LogP contribution in [0, 0.1) is 10.1 Å². The molecule has 9 nitrogen and oxygen atoms in total. The largest absolute Gasteiger partial charge is 0.477 e. The Hall–Kier alpha value is -5.05. The smallest absolute Gasteiger partial charge is 0.343 e. The van der Waals surface area contributed by atoms with Crippen molar-refractivity contribution in [3.8, 4) is 11.5 Å². The molecule has 4 rings (SSSR count). The van der Waals surface area contributed by atoms with E-state index in [2.05, 4.69) is 10.5 Å². The summed E-state index contributed by atoms with van der Waals surface area (Å²) in [6.45, 7) is -0.479. The fraction of sp³-hybridized carbons (Fsp3) is 0.0385. The maximum Gasteiger partial charge on any atom is 0.343 e. The van der Waals surface area contributed by atoms with Crippen LogP contribution < -0.4 is 14.9 Å². The molecule has 0 aliphatic carbocycles. The third-order valence-electron chi connectivity index (χ3n) is 4.95. The number of hydrazone groups is 1. The van der Waals surface area contributed by atoms with Crippen molar-refractivity contribution < 1.29 is 24.0 Å². The van der Waals surface area contributed by atoms with Crippen LogP contribution in [0.25, 0.3) is 10.8 Å². The summed E-state index contributed by atoms with van der Waals surface area (Å²) in [6, 6.07) is 25.2. The van der Waals surface area contributed by atoms with Gasteiger partial charge in [0.1, 0.15) is 5.75 Å². The number of nitrogens with zero attached hydrogens (tertiary/aromatic N) is 2. The zero-order valence-electron chi connectivity index (χ0n) is 18.3. The van der Waals surface area contributed by atoms with E-state index in [4.69, 9.17) is 9.47 Å². The topological polar surface area (TPSA) is 120 Å². The van der Waals surface area contributed by atoms with Gasteiger partial charge >= 0.3 is 11.7 Å². The number of hydrogen-bond acceptors (Lipinski definition) is 7. The summed E-state index contributed by atoms with van der Waals surface area (Å²) < 4.78 is 10.9. The second-order valence-electron chi connectivity index (χ2n) is 7.26. The fourth-order valence-corrected chi connectivity index (χ4v) is 3.31. The number of carbonyl (C=O) groups excluding carboxylic acids is 2. The van der Waals surface area contributed by atoms with Crippen LogP contribution in [0.5, 0.6) is 11.5 Å². The molecule has 9 heteroatoms.